The lowest BCUT2D eigenvalue weighted by atomic mass is 10.2. The highest BCUT2D eigenvalue weighted by Crippen LogP contribution is 2.13. The van der Waals surface area contributed by atoms with E-state index in [0.717, 1.165) is 11.3 Å². The first-order valence-electron chi connectivity index (χ1n) is 7.81. The van der Waals surface area contributed by atoms with Crippen molar-refractivity contribution in [2.45, 2.75) is 6.54 Å². The van der Waals surface area contributed by atoms with Gasteiger partial charge < -0.3 is 14.8 Å². The minimum absolute atomic E-state index is 0.123. The Morgan fingerprint density at radius 2 is 1.64 bits per heavy atom. The molecule has 6 heteroatoms. The van der Waals surface area contributed by atoms with Gasteiger partial charge >= 0.3 is 5.97 Å². The van der Waals surface area contributed by atoms with Gasteiger partial charge in [-0.25, -0.2) is 4.79 Å². The number of likely N-dealkylation sites (N-methyl/N-ethyl adjacent to an activating group) is 1. The second-order valence-corrected chi connectivity index (χ2v) is 5.64. The molecule has 0 aliphatic carbocycles. The Balaban J connectivity index is 1.85. The fourth-order valence-electron chi connectivity index (χ4n) is 2.35. The van der Waals surface area contributed by atoms with Crippen molar-refractivity contribution in [1.29, 1.82) is 0 Å². The van der Waals surface area contributed by atoms with Crippen molar-refractivity contribution in [2.24, 2.45) is 0 Å². The maximum Gasteiger partial charge on any atom is 0.337 e. The van der Waals surface area contributed by atoms with Gasteiger partial charge in [0.05, 0.1) is 26.3 Å². The van der Waals surface area contributed by atoms with Crippen LogP contribution in [0.25, 0.3) is 0 Å². The van der Waals surface area contributed by atoms with Gasteiger partial charge in [-0.2, -0.15) is 0 Å². The minimum atomic E-state index is -0.405. The third kappa shape index (κ3) is 5.61. The third-order valence-corrected chi connectivity index (χ3v) is 3.61. The summed E-state index contributed by atoms with van der Waals surface area (Å²) in [6, 6.07) is 14.3. The number of nitrogens with one attached hydrogen (secondary N) is 1. The molecular weight excluding hydrogens is 320 g/mol. The summed E-state index contributed by atoms with van der Waals surface area (Å²) in [5.41, 5.74) is 2.17. The Kier molecular flexibility index (Phi) is 6.54. The van der Waals surface area contributed by atoms with Crippen LogP contribution in [0.4, 0.5) is 5.69 Å². The monoisotopic (exact) mass is 342 g/mol. The molecule has 2 rings (SSSR count). The molecule has 0 bridgehead atoms. The van der Waals surface area contributed by atoms with Crippen LogP contribution in [0.5, 0.6) is 5.75 Å². The number of nitrogens with zero attached hydrogens (tertiary/aromatic N) is 1. The van der Waals surface area contributed by atoms with Crippen molar-refractivity contribution >= 4 is 17.6 Å². The molecule has 0 atom stereocenters. The molecule has 0 fully saturated rings. The molecule has 132 valence electrons. The molecule has 25 heavy (non-hydrogen) atoms. The molecular formula is C19H22N2O4. The van der Waals surface area contributed by atoms with E-state index in [1.54, 1.807) is 31.4 Å². The summed E-state index contributed by atoms with van der Waals surface area (Å²) < 4.78 is 9.77. The van der Waals surface area contributed by atoms with Gasteiger partial charge in [-0.15, -0.1) is 0 Å². The summed E-state index contributed by atoms with van der Waals surface area (Å²) in [6.45, 7) is 0.906. The summed E-state index contributed by atoms with van der Waals surface area (Å²) in [7, 11) is 4.84. The van der Waals surface area contributed by atoms with E-state index in [9.17, 15) is 9.59 Å². The van der Waals surface area contributed by atoms with E-state index in [-0.39, 0.29) is 12.5 Å². The van der Waals surface area contributed by atoms with E-state index in [0.29, 0.717) is 17.8 Å². The van der Waals surface area contributed by atoms with Gasteiger partial charge in [-0.1, -0.05) is 12.1 Å². The Morgan fingerprint density at radius 1 is 1.00 bits per heavy atom. The number of carbonyl (C=O) groups excluding carboxylic acids is 2. The molecule has 0 saturated carbocycles. The topological polar surface area (TPSA) is 67.9 Å². The Hall–Kier alpha value is -2.86. The molecule has 0 unspecified atom stereocenters. The summed E-state index contributed by atoms with van der Waals surface area (Å²) in [6.07, 6.45) is 0. The normalized spacial score (nSPS) is 10.4. The van der Waals surface area contributed by atoms with E-state index in [2.05, 4.69) is 10.1 Å². The zero-order chi connectivity index (χ0) is 18.2. The van der Waals surface area contributed by atoms with Crippen LogP contribution in [-0.2, 0) is 16.1 Å². The number of methoxy groups -OCH3 is 2. The Morgan fingerprint density at radius 3 is 2.20 bits per heavy atom. The lowest BCUT2D eigenvalue weighted by molar-refractivity contribution is -0.117. The molecule has 0 saturated heterocycles. The number of carbonyl (C=O) groups is 2. The van der Waals surface area contributed by atoms with Gasteiger partial charge in [0.2, 0.25) is 5.91 Å². The second kappa shape index (κ2) is 8.84. The number of benzene rings is 2. The van der Waals surface area contributed by atoms with Crippen LogP contribution in [0, 0.1) is 0 Å². The van der Waals surface area contributed by atoms with Gasteiger partial charge in [0, 0.05) is 12.2 Å². The number of anilines is 1. The molecule has 0 radical (unpaired) electrons. The molecule has 0 spiro atoms. The minimum Gasteiger partial charge on any atom is -0.497 e. The molecule has 1 N–H and O–H groups in total. The molecule has 0 aliphatic heterocycles. The average molecular weight is 342 g/mol. The van der Waals surface area contributed by atoms with Crippen LogP contribution in [0.2, 0.25) is 0 Å². The number of amides is 1. The predicted molar refractivity (Wildman–Crippen MR) is 95.7 cm³/mol. The molecule has 6 nitrogen and oxygen atoms in total. The lowest BCUT2D eigenvalue weighted by Crippen LogP contribution is -2.29. The number of esters is 1. The quantitative estimate of drug-likeness (QED) is 0.783. The third-order valence-electron chi connectivity index (χ3n) is 3.61. The van der Waals surface area contributed by atoms with Crippen molar-refractivity contribution in [3.8, 4) is 5.75 Å². The van der Waals surface area contributed by atoms with Crippen LogP contribution in [0.15, 0.2) is 48.5 Å². The van der Waals surface area contributed by atoms with Gasteiger partial charge in [-0.3, -0.25) is 9.69 Å². The largest absolute Gasteiger partial charge is 0.497 e. The first kappa shape index (κ1) is 18.5. The van der Waals surface area contributed by atoms with Crippen LogP contribution >= 0.6 is 0 Å². The first-order valence-corrected chi connectivity index (χ1v) is 7.81. The van der Waals surface area contributed by atoms with E-state index >= 15 is 0 Å². The van der Waals surface area contributed by atoms with Crippen molar-refractivity contribution in [3.05, 3.63) is 59.7 Å². The Bertz CT molecular complexity index is 711. The molecule has 0 heterocycles. The van der Waals surface area contributed by atoms with E-state index < -0.39 is 5.97 Å². The molecule has 1 amide bonds. The SMILES string of the molecule is COC(=O)c1ccc(NC(=O)CN(C)Cc2ccc(OC)cc2)cc1. The summed E-state index contributed by atoms with van der Waals surface area (Å²) >= 11 is 0. The maximum atomic E-state index is 12.1. The van der Waals surface area contributed by atoms with Gasteiger partial charge in [-0.05, 0) is 49.0 Å². The molecule has 0 aliphatic rings. The highest BCUT2D eigenvalue weighted by molar-refractivity contribution is 5.93. The smallest absolute Gasteiger partial charge is 0.337 e. The van der Waals surface area contributed by atoms with Gasteiger partial charge in [0.15, 0.2) is 0 Å². The maximum absolute atomic E-state index is 12.1. The van der Waals surface area contributed by atoms with Crippen LogP contribution < -0.4 is 10.1 Å². The fourth-order valence-corrected chi connectivity index (χ4v) is 2.35. The molecule has 2 aromatic carbocycles. The first-order chi connectivity index (χ1) is 12.0. The van der Waals surface area contributed by atoms with Gasteiger partial charge in [0.1, 0.15) is 5.75 Å². The highest BCUT2D eigenvalue weighted by Gasteiger charge is 2.09. The average Bonchev–Trinajstić information content (AvgIpc) is 2.62. The van der Waals surface area contributed by atoms with Crippen LogP contribution in [0.3, 0.4) is 0 Å². The lowest BCUT2D eigenvalue weighted by Gasteiger charge is -2.16. The number of rotatable bonds is 7. The zero-order valence-electron chi connectivity index (χ0n) is 14.6. The van der Waals surface area contributed by atoms with Crippen molar-refractivity contribution in [3.63, 3.8) is 0 Å². The second-order valence-electron chi connectivity index (χ2n) is 5.64. The van der Waals surface area contributed by atoms with Crippen molar-refractivity contribution in [1.82, 2.24) is 4.90 Å². The summed E-state index contributed by atoms with van der Waals surface area (Å²) in [5.74, 6) is 0.276. The summed E-state index contributed by atoms with van der Waals surface area (Å²) in [4.78, 5) is 25.4. The van der Waals surface area contributed by atoms with E-state index in [1.165, 1.54) is 7.11 Å². The molecule has 2 aromatic rings. The van der Waals surface area contributed by atoms with E-state index in [1.807, 2.05) is 36.2 Å². The van der Waals surface area contributed by atoms with Crippen LogP contribution in [0.1, 0.15) is 15.9 Å². The molecule has 0 aromatic heterocycles. The summed E-state index contributed by atoms with van der Waals surface area (Å²) in [5, 5.41) is 2.81. The number of ether oxygens (including phenoxy) is 2. The van der Waals surface area contributed by atoms with Crippen LogP contribution in [-0.4, -0.2) is 44.6 Å². The van der Waals surface area contributed by atoms with E-state index in [4.69, 9.17) is 4.74 Å². The Labute approximate surface area is 147 Å². The number of hydrogen-bond donors (Lipinski definition) is 1. The predicted octanol–water partition coefficient (Wildman–Crippen LogP) is 2.55. The standard InChI is InChI=1S/C19H22N2O4/c1-21(12-14-4-10-17(24-2)11-5-14)13-18(22)20-16-8-6-15(7-9-16)19(23)25-3/h4-11H,12-13H2,1-3H3,(H,20,22). The van der Waals surface area contributed by atoms with Crippen molar-refractivity contribution < 1.29 is 19.1 Å². The fraction of sp³-hybridized carbons (Fsp3) is 0.263. The zero-order valence-corrected chi connectivity index (χ0v) is 14.6. The number of hydrogen-bond acceptors (Lipinski definition) is 5. The van der Waals surface area contributed by atoms with Gasteiger partial charge in [0.25, 0.3) is 0 Å². The highest BCUT2D eigenvalue weighted by atomic mass is 16.5. The van der Waals surface area contributed by atoms with Crippen molar-refractivity contribution in [2.75, 3.05) is 33.1 Å².